The highest BCUT2D eigenvalue weighted by molar-refractivity contribution is 8.26. The molecule has 2 amide bonds. The van der Waals surface area contributed by atoms with Gasteiger partial charge in [-0.15, -0.1) is 0 Å². The summed E-state index contributed by atoms with van der Waals surface area (Å²) < 4.78 is 7.04. The Bertz CT molecular complexity index is 1230. The van der Waals surface area contributed by atoms with Crippen molar-refractivity contribution in [3.05, 3.63) is 44.7 Å². The van der Waals surface area contributed by atoms with Gasteiger partial charge >= 0.3 is 0 Å². The first-order chi connectivity index (χ1) is 16.3. The monoisotopic (exact) mass is 501 g/mol. The highest BCUT2D eigenvalue weighted by Crippen LogP contribution is 2.34. The number of fused-ring (bicyclic) bond motifs is 1. The number of hydrogen-bond donors (Lipinski definition) is 1. The topological polar surface area (TPSA) is 110 Å². The van der Waals surface area contributed by atoms with E-state index in [4.69, 9.17) is 27.7 Å². The molecule has 0 aliphatic carbocycles. The first-order valence-electron chi connectivity index (χ1n) is 11.1. The Balaban J connectivity index is 1.75. The average molecular weight is 502 g/mol. The van der Waals surface area contributed by atoms with Crippen LogP contribution in [0.1, 0.15) is 30.4 Å². The number of anilines is 1. The third kappa shape index (κ3) is 4.86. The van der Waals surface area contributed by atoms with Crippen LogP contribution in [0.4, 0.5) is 5.82 Å². The zero-order valence-corrected chi connectivity index (χ0v) is 20.8. The summed E-state index contributed by atoms with van der Waals surface area (Å²) in [5.41, 5.74) is 7.00. The van der Waals surface area contributed by atoms with Crippen LogP contribution in [0.15, 0.2) is 28.0 Å². The zero-order valence-electron chi connectivity index (χ0n) is 19.2. The van der Waals surface area contributed by atoms with Gasteiger partial charge in [0.1, 0.15) is 15.8 Å². The van der Waals surface area contributed by atoms with Crippen LogP contribution in [-0.2, 0) is 14.3 Å². The number of rotatable bonds is 7. The van der Waals surface area contributed by atoms with Crippen LogP contribution in [0.3, 0.4) is 0 Å². The smallest absolute Gasteiger partial charge is 0.267 e. The third-order valence-corrected chi connectivity index (χ3v) is 7.44. The van der Waals surface area contributed by atoms with Gasteiger partial charge in [0, 0.05) is 45.5 Å². The van der Waals surface area contributed by atoms with Gasteiger partial charge in [0.2, 0.25) is 5.91 Å². The lowest BCUT2D eigenvalue weighted by molar-refractivity contribution is -0.123. The van der Waals surface area contributed by atoms with E-state index < -0.39 is 0 Å². The van der Waals surface area contributed by atoms with Crippen LogP contribution in [0.5, 0.6) is 0 Å². The number of nitrogens with two attached hydrogens (primary N) is 1. The largest absolute Gasteiger partial charge is 0.385 e. The number of hydrogen-bond acceptors (Lipinski definition) is 8. The highest BCUT2D eigenvalue weighted by atomic mass is 32.2. The molecule has 34 heavy (non-hydrogen) atoms. The number of thioether (sulfide) groups is 1. The zero-order chi connectivity index (χ0) is 24.4. The molecule has 2 N–H and O–H groups in total. The van der Waals surface area contributed by atoms with Crippen molar-refractivity contribution in [1.29, 1.82) is 0 Å². The van der Waals surface area contributed by atoms with E-state index in [1.807, 2.05) is 17.9 Å². The van der Waals surface area contributed by atoms with Crippen LogP contribution in [-0.4, -0.2) is 63.8 Å². The maximum absolute atomic E-state index is 13.6. The summed E-state index contributed by atoms with van der Waals surface area (Å²) in [6.07, 6.45) is 5.18. The molecule has 2 saturated heterocycles. The number of piperidine rings is 1. The summed E-state index contributed by atoms with van der Waals surface area (Å²) in [6.45, 7) is 3.97. The van der Waals surface area contributed by atoms with Gasteiger partial charge in [-0.1, -0.05) is 30.0 Å². The molecule has 2 aromatic rings. The van der Waals surface area contributed by atoms with Gasteiger partial charge in [-0.3, -0.25) is 23.7 Å². The highest BCUT2D eigenvalue weighted by Gasteiger charge is 2.33. The summed E-state index contributed by atoms with van der Waals surface area (Å²) in [6, 6.07) is 3.70. The lowest BCUT2D eigenvalue weighted by atomic mass is 9.96. The van der Waals surface area contributed by atoms with Crippen LogP contribution < -0.4 is 16.2 Å². The van der Waals surface area contributed by atoms with Gasteiger partial charge in [-0.2, -0.15) is 0 Å². The molecule has 2 aliphatic rings. The number of methoxy groups -OCH3 is 1. The molecule has 0 radical (unpaired) electrons. The van der Waals surface area contributed by atoms with Crippen molar-refractivity contribution in [3.8, 4) is 0 Å². The van der Waals surface area contributed by atoms with Crippen LogP contribution >= 0.6 is 24.0 Å². The standard InChI is InChI=1S/C23H27N5O4S2/c1-14-4-5-18-25-20(26-9-6-15(7-10-26)19(24)29)16(21(30)28(18)13-14)12-17-22(31)27(23(33)34-17)8-3-11-32-2/h4-5,12-13,15H,3,6-11H2,1-2H3,(H2,24,29)/b17-12+. The summed E-state index contributed by atoms with van der Waals surface area (Å²) >= 11 is 6.60. The second-order valence-corrected chi connectivity index (χ2v) is 10.1. The van der Waals surface area contributed by atoms with E-state index in [-0.39, 0.29) is 23.3 Å². The van der Waals surface area contributed by atoms with E-state index in [0.29, 0.717) is 71.8 Å². The second kappa shape index (κ2) is 10.2. The van der Waals surface area contributed by atoms with Crippen molar-refractivity contribution < 1.29 is 14.3 Å². The van der Waals surface area contributed by atoms with Crippen molar-refractivity contribution in [2.75, 3.05) is 38.3 Å². The minimum atomic E-state index is -0.306. The van der Waals surface area contributed by atoms with Gasteiger partial charge in [-0.25, -0.2) is 4.98 Å². The normalized spacial score (nSPS) is 18.5. The van der Waals surface area contributed by atoms with Gasteiger partial charge < -0.3 is 15.4 Å². The van der Waals surface area contributed by atoms with Gasteiger partial charge in [0.25, 0.3) is 11.5 Å². The van der Waals surface area contributed by atoms with E-state index in [2.05, 4.69) is 0 Å². The number of nitrogens with zero attached hydrogens (tertiary/aromatic N) is 4. The van der Waals surface area contributed by atoms with Gasteiger partial charge in [-0.05, 0) is 43.9 Å². The maximum atomic E-state index is 13.6. The third-order valence-electron chi connectivity index (χ3n) is 6.06. The number of carbonyl (C=O) groups excluding carboxylic acids is 2. The predicted molar refractivity (Wildman–Crippen MR) is 137 cm³/mol. The molecule has 0 bridgehead atoms. The maximum Gasteiger partial charge on any atom is 0.267 e. The first-order valence-corrected chi connectivity index (χ1v) is 12.3. The fourth-order valence-corrected chi connectivity index (χ4v) is 5.47. The van der Waals surface area contributed by atoms with Crippen molar-refractivity contribution in [2.45, 2.75) is 26.2 Å². The Hall–Kier alpha value is -2.76. The fourth-order valence-electron chi connectivity index (χ4n) is 4.18. The van der Waals surface area contributed by atoms with E-state index in [1.165, 1.54) is 16.2 Å². The number of primary amides is 1. The Labute approximate surface area is 206 Å². The van der Waals surface area contributed by atoms with E-state index in [0.717, 1.165) is 5.56 Å². The Kier molecular flexibility index (Phi) is 7.34. The van der Waals surface area contributed by atoms with Crippen LogP contribution in [0.2, 0.25) is 0 Å². The predicted octanol–water partition coefficient (Wildman–Crippen LogP) is 1.94. The molecule has 2 fully saturated rings. The molecule has 2 aliphatic heterocycles. The minimum Gasteiger partial charge on any atom is -0.385 e. The molecule has 0 unspecified atom stereocenters. The number of aromatic nitrogens is 2. The second-order valence-electron chi connectivity index (χ2n) is 8.43. The molecule has 0 saturated carbocycles. The van der Waals surface area contributed by atoms with Crippen molar-refractivity contribution in [1.82, 2.24) is 14.3 Å². The minimum absolute atomic E-state index is 0.188. The fraction of sp³-hybridized carbons (Fsp3) is 0.435. The summed E-state index contributed by atoms with van der Waals surface area (Å²) in [7, 11) is 1.61. The number of pyridine rings is 1. The van der Waals surface area contributed by atoms with E-state index >= 15 is 0 Å². The molecule has 0 spiro atoms. The molecular formula is C23H27N5O4S2. The lowest BCUT2D eigenvalue weighted by Gasteiger charge is -2.32. The van der Waals surface area contributed by atoms with Crippen molar-refractivity contribution >= 4 is 57.7 Å². The van der Waals surface area contributed by atoms with Gasteiger partial charge in [0.15, 0.2) is 0 Å². The summed E-state index contributed by atoms with van der Waals surface area (Å²) in [4.78, 5) is 47.0. The number of carbonyl (C=O) groups is 2. The molecule has 4 rings (SSSR count). The van der Waals surface area contributed by atoms with Crippen molar-refractivity contribution in [3.63, 3.8) is 0 Å². The molecule has 9 nitrogen and oxygen atoms in total. The van der Waals surface area contributed by atoms with E-state index in [1.54, 1.807) is 30.3 Å². The molecule has 0 atom stereocenters. The lowest BCUT2D eigenvalue weighted by Crippen LogP contribution is -2.40. The number of amides is 2. The quantitative estimate of drug-likeness (QED) is 0.348. The average Bonchev–Trinajstić information content (AvgIpc) is 3.08. The molecule has 4 heterocycles. The summed E-state index contributed by atoms with van der Waals surface area (Å²) in [5, 5.41) is 0. The molecular weight excluding hydrogens is 474 g/mol. The molecule has 180 valence electrons. The SMILES string of the molecule is COCCCN1C(=O)/C(=C\c2c(N3CCC(C(N)=O)CC3)nc3ccc(C)cn3c2=O)SC1=S. The van der Waals surface area contributed by atoms with Crippen molar-refractivity contribution in [2.24, 2.45) is 11.7 Å². The summed E-state index contributed by atoms with van der Waals surface area (Å²) in [5.74, 6) is -0.217. The number of thiocarbonyl (C=S) groups is 1. The van der Waals surface area contributed by atoms with Crippen LogP contribution in [0.25, 0.3) is 11.7 Å². The van der Waals surface area contributed by atoms with Crippen LogP contribution in [0, 0.1) is 12.8 Å². The Morgan fingerprint density at radius 1 is 1.32 bits per heavy atom. The Morgan fingerprint density at radius 3 is 2.74 bits per heavy atom. The Morgan fingerprint density at radius 2 is 2.06 bits per heavy atom. The molecule has 11 heteroatoms. The first kappa shape index (κ1) is 24.4. The molecule has 0 aromatic carbocycles. The number of aryl methyl sites for hydroxylation is 1. The molecule has 2 aromatic heterocycles. The van der Waals surface area contributed by atoms with Gasteiger partial charge in [0.05, 0.1) is 10.5 Å². The van der Waals surface area contributed by atoms with E-state index in [9.17, 15) is 14.4 Å². The number of ether oxygens (including phenoxy) is 1.